The molecule has 0 amide bonds. The quantitative estimate of drug-likeness (QED) is 0.391. The first-order valence-corrected chi connectivity index (χ1v) is 12.6. The lowest BCUT2D eigenvalue weighted by atomic mass is 10.1. The van der Waals surface area contributed by atoms with E-state index in [1.54, 1.807) is 0 Å². The summed E-state index contributed by atoms with van der Waals surface area (Å²) >= 11 is 0. The molecule has 0 aliphatic carbocycles. The lowest BCUT2D eigenvalue weighted by Gasteiger charge is -2.37. The van der Waals surface area contributed by atoms with Gasteiger partial charge < -0.3 is 0 Å². The van der Waals surface area contributed by atoms with Gasteiger partial charge in [0.25, 0.3) is 0 Å². The lowest BCUT2D eigenvalue weighted by Crippen LogP contribution is -2.51. The second-order valence-electron chi connectivity index (χ2n) is 7.59. The number of hydrazine groups is 1. The molecule has 0 aromatic carbocycles. The van der Waals surface area contributed by atoms with Gasteiger partial charge in [-0.15, -0.1) is 0 Å². The molecule has 0 N–H and O–H groups in total. The standard InChI is InChI=1S/C20H42N2O2S/c1-3-5-7-9-11-13-15-21(16-14-12-10-8-6-4-2)22-17-19-25(23,24)20-18-22/h3-20H2,1-2H3. The zero-order valence-corrected chi connectivity index (χ0v) is 17.7. The molecule has 0 aromatic heterocycles. The van der Waals surface area contributed by atoms with Gasteiger partial charge >= 0.3 is 0 Å². The van der Waals surface area contributed by atoms with Crippen LogP contribution in [-0.4, -0.2) is 56.1 Å². The molecular weight excluding hydrogens is 332 g/mol. The Morgan fingerprint density at radius 1 is 0.680 bits per heavy atom. The van der Waals surface area contributed by atoms with Crippen molar-refractivity contribution in [1.29, 1.82) is 0 Å². The van der Waals surface area contributed by atoms with Gasteiger partial charge in [-0.2, -0.15) is 0 Å². The fourth-order valence-corrected chi connectivity index (χ4v) is 4.71. The summed E-state index contributed by atoms with van der Waals surface area (Å²) in [5, 5.41) is 4.79. The molecule has 1 heterocycles. The Kier molecular flexibility index (Phi) is 12.8. The van der Waals surface area contributed by atoms with E-state index < -0.39 is 9.84 Å². The van der Waals surface area contributed by atoms with Crippen LogP contribution in [0.4, 0.5) is 0 Å². The zero-order chi connectivity index (χ0) is 18.4. The maximum Gasteiger partial charge on any atom is 0.152 e. The van der Waals surface area contributed by atoms with Crippen LogP contribution in [0.25, 0.3) is 0 Å². The van der Waals surface area contributed by atoms with Crippen molar-refractivity contribution in [2.24, 2.45) is 0 Å². The summed E-state index contributed by atoms with van der Waals surface area (Å²) in [7, 11) is -2.79. The third-order valence-corrected chi connectivity index (χ3v) is 6.87. The molecule has 5 heteroatoms. The van der Waals surface area contributed by atoms with E-state index >= 15 is 0 Å². The highest BCUT2D eigenvalue weighted by Crippen LogP contribution is 2.13. The van der Waals surface area contributed by atoms with Gasteiger partial charge in [-0.1, -0.05) is 78.1 Å². The Morgan fingerprint density at radius 3 is 1.52 bits per heavy atom. The first-order valence-electron chi connectivity index (χ1n) is 10.8. The number of nitrogens with zero attached hydrogens (tertiary/aromatic N) is 2. The second kappa shape index (κ2) is 14.0. The molecule has 0 atom stereocenters. The summed E-state index contributed by atoms with van der Waals surface area (Å²) in [6.45, 7) is 8.09. The van der Waals surface area contributed by atoms with Crippen molar-refractivity contribution < 1.29 is 8.42 Å². The number of rotatable bonds is 15. The molecule has 0 bridgehead atoms. The van der Waals surface area contributed by atoms with E-state index in [2.05, 4.69) is 23.9 Å². The average molecular weight is 375 g/mol. The van der Waals surface area contributed by atoms with E-state index in [9.17, 15) is 8.42 Å². The number of hydrogen-bond acceptors (Lipinski definition) is 4. The Morgan fingerprint density at radius 2 is 1.08 bits per heavy atom. The van der Waals surface area contributed by atoms with Gasteiger partial charge in [0, 0.05) is 26.2 Å². The topological polar surface area (TPSA) is 40.6 Å². The van der Waals surface area contributed by atoms with Gasteiger partial charge in [0.2, 0.25) is 0 Å². The summed E-state index contributed by atoms with van der Waals surface area (Å²) in [4.78, 5) is 0. The molecule has 1 saturated heterocycles. The summed E-state index contributed by atoms with van der Waals surface area (Å²) in [6, 6.07) is 0. The predicted molar refractivity (Wildman–Crippen MR) is 109 cm³/mol. The van der Waals surface area contributed by atoms with E-state index in [-0.39, 0.29) is 0 Å². The van der Waals surface area contributed by atoms with Crippen LogP contribution in [0.2, 0.25) is 0 Å². The van der Waals surface area contributed by atoms with Gasteiger partial charge in [-0.05, 0) is 12.8 Å². The molecule has 25 heavy (non-hydrogen) atoms. The van der Waals surface area contributed by atoms with Crippen molar-refractivity contribution >= 4 is 9.84 Å². The van der Waals surface area contributed by atoms with E-state index in [1.165, 1.54) is 77.0 Å². The van der Waals surface area contributed by atoms with E-state index in [1.807, 2.05) is 0 Å². The van der Waals surface area contributed by atoms with Gasteiger partial charge in [0.1, 0.15) is 0 Å². The van der Waals surface area contributed by atoms with Crippen LogP contribution in [0.15, 0.2) is 0 Å². The highest BCUT2D eigenvalue weighted by molar-refractivity contribution is 7.91. The van der Waals surface area contributed by atoms with E-state index in [0.717, 1.165) is 13.1 Å². The number of unbranched alkanes of at least 4 members (excludes halogenated alkanes) is 10. The van der Waals surface area contributed by atoms with Gasteiger partial charge in [0.15, 0.2) is 9.84 Å². The molecule has 0 aromatic rings. The second-order valence-corrected chi connectivity index (χ2v) is 9.90. The Labute approximate surface area is 157 Å². The molecule has 0 spiro atoms. The van der Waals surface area contributed by atoms with Crippen LogP contribution in [0.5, 0.6) is 0 Å². The van der Waals surface area contributed by atoms with Crippen molar-refractivity contribution in [3.8, 4) is 0 Å². The number of hydrogen-bond donors (Lipinski definition) is 0. The highest BCUT2D eigenvalue weighted by Gasteiger charge is 2.25. The summed E-state index contributed by atoms with van der Waals surface area (Å²) < 4.78 is 23.4. The Balaban J connectivity index is 2.30. The molecule has 4 nitrogen and oxygen atoms in total. The zero-order valence-electron chi connectivity index (χ0n) is 16.8. The third-order valence-electron chi connectivity index (χ3n) is 5.26. The number of sulfone groups is 1. The average Bonchev–Trinajstić information content (AvgIpc) is 2.59. The van der Waals surface area contributed by atoms with Crippen molar-refractivity contribution in [2.45, 2.75) is 90.9 Å². The summed E-state index contributed by atoms with van der Waals surface area (Å²) in [5.74, 6) is 0.660. The molecule has 1 aliphatic heterocycles. The van der Waals surface area contributed by atoms with Gasteiger partial charge in [0.05, 0.1) is 11.5 Å². The van der Waals surface area contributed by atoms with Crippen molar-refractivity contribution in [3.63, 3.8) is 0 Å². The minimum Gasteiger partial charge on any atom is -0.242 e. The van der Waals surface area contributed by atoms with Crippen molar-refractivity contribution in [3.05, 3.63) is 0 Å². The largest absolute Gasteiger partial charge is 0.242 e. The van der Waals surface area contributed by atoms with Crippen LogP contribution in [0.3, 0.4) is 0 Å². The molecule has 0 saturated carbocycles. The third kappa shape index (κ3) is 11.2. The van der Waals surface area contributed by atoms with Crippen molar-refractivity contribution in [2.75, 3.05) is 37.7 Å². The first-order chi connectivity index (χ1) is 12.1. The fraction of sp³-hybridized carbons (Fsp3) is 1.00. The Bertz CT molecular complexity index is 382. The molecule has 0 radical (unpaired) electrons. The van der Waals surface area contributed by atoms with Gasteiger partial charge in [-0.3, -0.25) is 0 Å². The van der Waals surface area contributed by atoms with Crippen LogP contribution < -0.4 is 0 Å². The summed E-state index contributed by atoms with van der Waals surface area (Å²) in [5.41, 5.74) is 0. The van der Waals surface area contributed by atoms with Crippen molar-refractivity contribution in [1.82, 2.24) is 10.0 Å². The van der Waals surface area contributed by atoms with Gasteiger partial charge in [-0.25, -0.2) is 18.4 Å². The van der Waals surface area contributed by atoms with Crippen LogP contribution >= 0.6 is 0 Å². The minimum atomic E-state index is -2.79. The van der Waals surface area contributed by atoms with Crippen LogP contribution in [-0.2, 0) is 9.84 Å². The molecular formula is C20H42N2O2S. The summed E-state index contributed by atoms with van der Waals surface area (Å²) in [6.07, 6.45) is 15.8. The maximum atomic E-state index is 11.7. The molecule has 1 fully saturated rings. The fourth-order valence-electron chi connectivity index (χ4n) is 3.53. The monoisotopic (exact) mass is 374 g/mol. The smallest absolute Gasteiger partial charge is 0.152 e. The first kappa shape index (κ1) is 22.9. The van der Waals surface area contributed by atoms with Crippen LogP contribution in [0.1, 0.15) is 90.9 Å². The van der Waals surface area contributed by atoms with Crippen LogP contribution in [0, 0.1) is 0 Å². The highest BCUT2D eigenvalue weighted by atomic mass is 32.2. The molecule has 1 aliphatic rings. The lowest BCUT2D eigenvalue weighted by molar-refractivity contribution is -0.0206. The van der Waals surface area contributed by atoms with E-state index in [0.29, 0.717) is 24.6 Å². The SMILES string of the molecule is CCCCCCCCN(CCCCCCCC)N1CCS(=O)(=O)CC1. The Hall–Kier alpha value is -0.130. The minimum absolute atomic E-state index is 0.330. The predicted octanol–water partition coefficient (Wildman–Crippen LogP) is 4.65. The molecule has 1 rings (SSSR count). The van der Waals surface area contributed by atoms with E-state index in [4.69, 9.17) is 0 Å². The normalized spacial score (nSPS) is 18.0. The molecule has 150 valence electrons. The molecule has 0 unspecified atom stereocenters. The maximum absolute atomic E-state index is 11.7.